The monoisotopic (exact) mass is 298 g/mol. The summed E-state index contributed by atoms with van der Waals surface area (Å²) in [6, 6.07) is 0.270. The van der Waals surface area contributed by atoms with Crippen molar-refractivity contribution < 1.29 is 9.90 Å². The van der Waals surface area contributed by atoms with Crippen LogP contribution in [0.2, 0.25) is 0 Å². The van der Waals surface area contributed by atoms with Gasteiger partial charge in [0.2, 0.25) is 0 Å². The zero-order valence-corrected chi connectivity index (χ0v) is 14.5. The molecule has 0 aromatic rings. The Morgan fingerprint density at radius 3 is 2.33 bits per heavy atom. The number of piperidine rings is 1. The van der Waals surface area contributed by atoms with Crippen LogP contribution in [0, 0.1) is 10.8 Å². The quantitative estimate of drug-likeness (QED) is 0.817. The van der Waals surface area contributed by atoms with E-state index in [1.54, 1.807) is 0 Å². The predicted molar refractivity (Wildman–Crippen MR) is 87.3 cm³/mol. The number of urea groups is 1. The summed E-state index contributed by atoms with van der Waals surface area (Å²) in [6.07, 6.45) is 4.92. The zero-order valence-electron chi connectivity index (χ0n) is 14.5. The molecule has 0 aromatic carbocycles. The molecule has 2 amide bonds. The molecular formula is C17H34N2O2. The van der Waals surface area contributed by atoms with Crippen LogP contribution in [0.5, 0.6) is 0 Å². The van der Waals surface area contributed by atoms with E-state index < -0.39 is 0 Å². The number of aliphatic hydroxyl groups is 1. The van der Waals surface area contributed by atoms with E-state index in [0.717, 1.165) is 45.2 Å². The van der Waals surface area contributed by atoms with E-state index in [2.05, 4.69) is 39.9 Å². The van der Waals surface area contributed by atoms with Crippen molar-refractivity contribution in [2.24, 2.45) is 10.8 Å². The van der Waals surface area contributed by atoms with Crippen LogP contribution in [-0.2, 0) is 0 Å². The molecule has 4 heteroatoms. The Morgan fingerprint density at radius 2 is 1.90 bits per heavy atom. The highest BCUT2D eigenvalue weighted by Crippen LogP contribution is 2.34. The van der Waals surface area contributed by atoms with Gasteiger partial charge in [0.15, 0.2) is 0 Å². The van der Waals surface area contributed by atoms with Crippen molar-refractivity contribution in [2.45, 2.75) is 72.8 Å². The van der Waals surface area contributed by atoms with Gasteiger partial charge in [-0.25, -0.2) is 4.79 Å². The number of carbonyl (C=O) groups is 1. The fourth-order valence-corrected chi connectivity index (χ4v) is 2.83. The summed E-state index contributed by atoms with van der Waals surface area (Å²) in [5, 5.41) is 12.6. The summed E-state index contributed by atoms with van der Waals surface area (Å²) in [7, 11) is 0. The molecule has 1 fully saturated rings. The maximum Gasteiger partial charge on any atom is 0.317 e. The van der Waals surface area contributed by atoms with Gasteiger partial charge in [0.25, 0.3) is 0 Å². The standard InChI is InChI=1S/C17H34N2O2/c1-6-17(13-20)9-11-19(12-10-17)15(21)18-14(2)7-8-16(3,4)5/h14,20H,6-13H2,1-5H3,(H,18,21). The third kappa shape index (κ3) is 5.85. The van der Waals surface area contributed by atoms with Gasteiger partial charge in [-0.1, -0.05) is 27.7 Å². The number of nitrogens with one attached hydrogen (secondary N) is 1. The molecule has 0 spiro atoms. The van der Waals surface area contributed by atoms with E-state index in [9.17, 15) is 9.90 Å². The molecule has 1 atom stereocenters. The van der Waals surface area contributed by atoms with Crippen LogP contribution in [0.25, 0.3) is 0 Å². The average molecular weight is 298 g/mol. The number of likely N-dealkylation sites (tertiary alicyclic amines) is 1. The first-order valence-electron chi connectivity index (χ1n) is 8.38. The number of nitrogens with zero attached hydrogens (tertiary/aromatic N) is 1. The molecule has 2 N–H and O–H groups in total. The molecule has 0 saturated carbocycles. The van der Waals surface area contributed by atoms with Gasteiger partial charge in [0.1, 0.15) is 0 Å². The fourth-order valence-electron chi connectivity index (χ4n) is 2.83. The Labute approximate surface area is 130 Å². The van der Waals surface area contributed by atoms with Crippen molar-refractivity contribution in [2.75, 3.05) is 19.7 Å². The van der Waals surface area contributed by atoms with Crippen molar-refractivity contribution in [1.29, 1.82) is 0 Å². The SMILES string of the molecule is CCC1(CO)CCN(C(=O)NC(C)CCC(C)(C)C)CC1. The van der Waals surface area contributed by atoms with E-state index in [0.29, 0.717) is 5.41 Å². The summed E-state index contributed by atoms with van der Waals surface area (Å²) in [6.45, 7) is 12.6. The third-order valence-corrected chi connectivity index (χ3v) is 4.89. The maximum absolute atomic E-state index is 12.3. The molecule has 0 aromatic heterocycles. The highest BCUT2D eigenvalue weighted by Gasteiger charge is 2.34. The van der Waals surface area contributed by atoms with Gasteiger partial charge in [-0.2, -0.15) is 0 Å². The van der Waals surface area contributed by atoms with E-state index in [1.807, 2.05) is 4.90 Å². The third-order valence-electron chi connectivity index (χ3n) is 4.89. The van der Waals surface area contributed by atoms with E-state index in [4.69, 9.17) is 0 Å². The van der Waals surface area contributed by atoms with Crippen LogP contribution in [0.1, 0.15) is 66.7 Å². The van der Waals surface area contributed by atoms with E-state index in [1.165, 1.54) is 0 Å². The zero-order chi connectivity index (χ0) is 16.1. The predicted octanol–water partition coefficient (Wildman–Crippen LogP) is 3.40. The minimum Gasteiger partial charge on any atom is -0.396 e. The smallest absolute Gasteiger partial charge is 0.317 e. The van der Waals surface area contributed by atoms with Crippen LogP contribution < -0.4 is 5.32 Å². The molecule has 1 aliphatic heterocycles. The summed E-state index contributed by atoms with van der Waals surface area (Å²) in [5.74, 6) is 0. The van der Waals surface area contributed by atoms with E-state index >= 15 is 0 Å². The number of aliphatic hydroxyl groups excluding tert-OH is 1. The van der Waals surface area contributed by atoms with Crippen LogP contribution in [0.15, 0.2) is 0 Å². The second kappa shape index (κ2) is 7.48. The summed E-state index contributed by atoms with van der Waals surface area (Å²) in [5.41, 5.74) is 0.348. The number of carbonyl (C=O) groups excluding carboxylic acids is 1. The first-order valence-corrected chi connectivity index (χ1v) is 8.38. The van der Waals surface area contributed by atoms with Crippen LogP contribution in [0.3, 0.4) is 0 Å². The Hall–Kier alpha value is -0.770. The lowest BCUT2D eigenvalue weighted by Crippen LogP contribution is -2.50. The second-order valence-electron chi connectivity index (χ2n) is 7.95. The average Bonchev–Trinajstić information content (AvgIpc) is 2.44. The van der Waals surface area contributed by atoms with E-state index in [-0.39, 0.29) is 24.1 Å². The minimum absolute atomic E-state index is 0.0363. The van der Waals surface area contributed by atoms with Crippen LogP contribution >= 0.6 is 0 Å². The molecule has 21 heavy (non-hydrogen) atoms. The van der Waals surface area contributed by atoms with Gasteiger partial charge in [-0.3, -0.25) is 0 Å². The molecule has 1 rings (SSSR count). The molecule has 0 aliphatic carbocycles. The lowest BCUT2D eigenvalue weighted by Gasteiger charge is -2.40. The molecule has 1 aliphatic rings. The normalized spacial score (nSPS) is 20.2. The molecule has 1 heterocycles. The summed E-state index contributed by atoms with van der Waals surface area (Å²) < 4.78 is 0. The van der Waals surface area contributed by atoms with Gasteiger partial charge in [0.05, 0.1) is 0 Å². The van der Waals surface area contributed by atoms with Crippen LogP contribution in [0.4, 0.5) is 4.79 Å². The molecule has 1 saturated heterocycles. The highest BCUT2D eigenvalue weighted by molar-refractivity contribution is 5.74. The molecule has 0 radical (unpaired) electrons. The maximum atomic E-state index is 12.3. The van der Waals surface area contributed by atoms with Gasteiger partial charge < -0.3 is 15.3 Å². The molecular weight excluding hydrogens is 264 g/mol. The molecule has 0 bridgehead atoms. The molecule has 4 nitrogen and oxygen atoms in total. The first kappa shape index (κ1) is 18.3. The van der Waals surface area contributed by atoms with Crippen molar-refractivity contribution in [3.8, 4) is 0 Å². The summed E-state index contributed by atoms with van der Waals surface area (Å²) >= 11 is 0. The number of amides is 2. The second-order valence-corrected chi connectivity index (χ2v) is 7.95. The van der Waals surface area contributed by atoms with Crippen molar-refractivity contribution in [1.82, 2.24) is 10.2 Å². The van der Waals surface area contributed by atoms with Crippen molar-refractivity contribution >= 4 is 6.03 Å². The van der Waals surface area contributed by atoms with Crippen molar-refractivity contribution in [3.05, 3.63) is 0 Å². The number of hydrogen-bond donors (Lipinski definition) is 2. The summed E-state index contributed by atoms with van der Waals surface area (Å²) in [4.78, 5) is 14.2. The number of rotatable bonds is 5. The molecule has 1 unspecified atom stereocenters. The Kier molecular flexibility index (Phi) is 6.51. The van der Waals surface area contributed by atoms with Gasteiger partial charge >= 0.3 is 6.03 Å². The Bertz CT molecular complexity index is 322. The minimum atomic E-state index is 0.0363. The van der Waals surface area contributed by atoms with Crippen LogP contribution in [-0.4, -0.2) is 41.8 Å². The lowest BCUT2D eigenvalue weighted by atomic mass is 9.77. The van der Waals surface area contributed by atoms with Gasteiger partial charge in [-0.15, -0.1) is 0 Å². The highest BCUT2D eigenvalue weighted by atomic mass is 16.3. The van der Waals surface area contributed by atoms with Gasteiger partial charge in [-0.05, 0) is 49.9 Å². The Balaban J connectivity index is 2.37. The Morgan fingerprint density at radius 1 is 1.33 bits per heavy atom. The van der Waals surface area contributed by atoms with Crippen molar-refractivity contribution in [3.63, 3.8) is 0 Å². The fraction of sp³-hybridized carbons (Fsp3) is 0.941. The largest absolute Gasteiger partial charge is 0.396 e. The first-order chi connectivity index (χ1) is 9.71. The van der Waals surface area contributed by atoms with Gasteiger partial charge in [0, 0.05) is 25.7 Å². The topological polar surface area (TPSA) is 52.6 Å². The molecule has 124 valence electrons. The number of hydrogen-bond acceptors (Lipinski definition) is 2. The lowest BCUT2D eigenvalue weighted by molar-refractivity contribution is 0.0515.